The first-order valence-corrected chi connectivity index (χ1v) is 9.17. The first-order valence-electron chi connectivity index (χ1n) is 9.17. The highest BCUT2D eigenvalue weighted by Gasteiger charge is 2.42. The summed E-state index contributed by atoms with van der Waals surface area (Å²) in [7, 11) is 0. The molecule has 1 aromatic rings. The number of likely N-dealkylation sites (tertiary alicyclic amines) is 2. The van der Waals surface area contributed by atoms with Gasteiger partial charge in [-0.25, -0.2) is 0 Å². The van der Waals surface area contributed by atoms with E-state index in [-0.39, 0.29) is 17.2 Å². The fraction of sp³-hybridized carbons (Fsp3) is 0.550. The van der Waals surface area contributed by atoms with Crippen LogP contribution < -0.4 is 0 Å². The van der Waals surface area contributed by atoms with Crippen LogP contribution in [-0.2, 0) is 16.1 Å². The third-order valence-electron chi connectivity index (χ3n) is 5.41. The molecule has 1 unspecified atom stereocenters. The van der Waals surface area contributed by atoms with Gasteiger partial charge in [-0.05, 0) is 43.9 Å². The molecule has 1 aromatic heterocycles. The summed E-state index contributed by atoms with van der Waals surface area (Å²) < 4.78 is 0. The zero-order valence-electron chi connectivity index (χ0n) is 15.0. The second kappa shape index (κ2) is 7.81. The largest absolute Gasteiger partial charge is 0.342 e. The monoisotopic (exact) mass is 341 g/mol. The van der Waals surface area contributed by atoms with Gasteiger partial charge in [-0.2, -0.15) is 0 Å². The van der Waals surface area contributed by atoms with E-state index in [9.17, 15) is 9.59 Å². The van der Waals surface area contributed by atoms with E-state index in [1.807, 2.05) is 41.0 Å². The summed E-state index contributed by atoms with van der Waals surface area (Å²) >= 11 is 0. The van der Waals surface area contributed by atoms with Crippen molar-refractivity contribution in [1.29, 1.82) is 0 Å². The van der Waals surface area contributed by atoms with Crippen molar-refractivity contribution >= 4 is 11.8 Å². The zero-order chi connectivity index (χ0) is 17.7. The summed E-state index contributed by atoms with van der Waals surface area (Å²) in [5, 5.41) is 0. The molecule has 134 valence electrons. The fourth-order valence-electron chi connectivity index (χ4n) is 4.06. The quantitative estimate of drug-likeness (QED) is 0.791. The summed E-state index contributed by atoms with van der Waals surface area (Å²) in [4.78, 5) is 32.8. The lowest BCUT2D eigenvalue weighted by Crippen LogP contribution is -2.54. The number of amides is 2. The van der Waals surface area contributed by atoms with E-state index in [0.29, 0.717) is 19.4 Å². The van der Waals surface area contributed by atoms with Crippen LogP contribution in [0, 0.1) is 5.41 Å². The molecule has 2 aliphatic heterocycles. The standard InChI is InChI=1S/C20H27N3O2/c1-2-3-5-18(24)22-13-4-9-20(15-22)10-6-19(25)23(16-20)14-17-7-11-21-12-8-17/h2-3,7-8,11-12H,4-6,9-10,13-16H2,1H3/b3-2+. The van der Waals surface area contributed by atoms with Crippen molar-refractivity contribution in [2.24, 2.45) is 5.41 Å². The van der Waals surface area contributed by atoms with Crippen molar-refractivity contribution in [3.63, 3.8) is 0 Å². The highest BCUT2D eigenvalue weighted by molar-refractivity contribution is 5.78. The lowest BCUT2D eigenvalue weighted by molar-refractivity contribution is -0.143. The lowest BCUT2D eigenvalue weighted by Gasteiger charge is -2.48. The first-order chi connectivity index (χ1) is 12.1. The molecule has 2 saturated heterocycles. The number of carbonyl (C=O) groups is 2. The number of pyridine rings is 1. The summed E-state index contributed by atoms with van der Waals surface area (Å²) in [6.45, 7) is 4.95. The van der Waals surface area contributed by atoms with Crippen molar-refractivity contribution < 1.29 is 9.59 Å². The number of hydrogen-bond donors (Lipinski definition) is 0. The van der Waals surface area contributed by atoms with E-state index in [2.05, 4.69) is 4.98 Å². The maximum absolute atomic E-state index is 12.4. The molecule has 5 heteroatoms. The van der Waals surface area contributed by atoms with Crippen LogP contribution in [0.2, 0.25) is 0 Å². The van der Waals surface area contributed by atoms with E-state index < -0.39 is 0 Å². The zero-order valence-corrected chi connectivity index (χ0v) is 15.0. The summed E-state index contributed by atoms with van der Waals surface area (Å²) in [5.41, 5.74) is 1.17. The normalized spacial score (nSPS) is 24.3. The molecule has 3 rings (SSSR count). The fourth-order valence-corrected chi connectivity index (χ4v) is 4.06. The Kier molecular flexibility index (Phi) is 5.51. The highest BCUT2D eigenvalue weighted by Crippen LogP contribution is 2.39. The molecule has 2 fully saturated rings. The Bertz CT molecular complexity index is 644. The van der Waals surface area contributed by atoms with E-state index >= 15 is 0 Å². The van der Waals surface area contributed by atoms with Crippen molar-refractivity contribution in [3.05, 3.63) is 42.2 Å². The minimum atomic E-state index is 0.0603. The second-order valence-corrected chi connectivity index (χ2v) is 7.30. The molecule has 0 N–H and O–H groups in total. The van der Waals surface area contributed by atoms with Gasteiger partial charge in [0.15, 0.2) is 0 Å². The minimum Gasteiger partial charge on any atom is -0.342 e. The van der Waals surface area contributed by atoms with Gasteiger partial charge in [-0.15, -0.1) is 0 Å². The van der Waals surface area contributed by atoms with Gasteiger partial charge in [0.25, 0.3) is 0 Å². The maximum atomic E-state index is 12.4. The predicted molar refractivity (Wildman–Crippen MR) is 96.6 cm³/mol. The van der Waals surface area contributed by atoms with Crippen LogP contribution in [0.5, 0.6) is 0 Å². The number of piperidine rings is 2. The van der Waals surface area contributed by atoms with Crippen molar-refractivity contribution in [2.45, 2.75) is 45.6 Å². The van der Waals surface area contributed by atoms with Crippen molar-refractivity contribution in [1.82, 2.24) is 14.8 Å². The van der Waals surface area contributed by atoms with Crippen LogP contribution in [0.3, 0.4) is 0 Å². The van der Waals surface area contributed by atoms with E-state index in [4.69, 9.17) is 0 Å². The average molecular weight is 341 g/mol. The molecule has 3 heterocycles. The Labute approximate surface area is 149 Å². The maximum Gasteiger partial charge on any atom is 0.226 e. The molecular weight excluding hydrogens is 314 g/mol. The van der Waals surface area contributed by atoms with Crippen molar-refractivity contribution in [2.75, 3.05) is 19.6 Å². The van der Waals surface area contributed by atoms with Crippen LogP contribution in [0.1, 0.15) is 44.6 Å². The molecule has 2 aliphatic rings. The average Bonchev–Trinajstić information content (AvgIpc) is 2.64. The van der Waals surface area contributed by atoms with Gasteiger partial charge in [-0.3, -0.25) is 14.6 Å². The van der Waals surface area contributed by atoms with Crippen LogP contribution in [-0.4, -0.2) is 46.2 Å². The number of carbonyl (C=O) groups excluding carboxylic acids is 2. The van der Waals surface area contributed by atoms with E-state index in [0.717, 1.165) is 44.5 Å². The topological polar surface area (TPSA) is 53.5 Å². The number of allylic oxidation sites excluding steroid dienone is 1. The third kappa shape index (κ3) is 4.27. The molecule has 2 amide bonds. The Morgan fingerprint density at radius 3 is 2.84 bits per heavy atom. The summed E-state index contributed by atoms with van der Waals surface area (Å²) in [5.74, 6) is 0.426. The Morgan fingerprint density at radius 2 is 2.08 bits per heavy atom. The Hall–Kier alpha value is -2.17. The molecule has 0 bridgehead atoms. The van der Waals surface area contributed by atoms with Gasteiger partial charge in [-0.1, -0.05) is 12.2 Å². The summed E-state index contributed by atoms with van der Waals surface area (Å²) in [6.07, 6.45) is 11.5. The third-order valence-corrected chi connectivity index (χ3v) is 5.41. The van der Waals surface area contributed by atoms with Crippen LogP contribution in [0.15, 0.2) is 36.7 Å². The second-order valence-electron chi connectivity index (χ2n) is 7.30. The van der Waals surface area contributed by atoms with E-state index in [1.165, 1.54) is 0 Å². The number of hydrogen-bond acceptors (Lipinski definition) is 3. The molecule has 0 aromatic carbocycles. The first kappa shape index (κ1) is 17.6. The molecule has 0 aliphatic carbocycles. The number of nitrogens with zero attached hydrogens (tertiary/aromatic N) is 3. The Balaban J connectivity index is 1.68. The molecule has 1 atom stereocenters. The van der Waals surface area contributed by atoms with Crippen molar-refractivity contribution in [3.8, 4) is 0 Å². The van der Waals surface area contributed by atoms with Gasteiger partial charge in [0.1, 0.15) is 0 Å². The Morgan fingerprint density at radius 1 is 1.28 bits per heavy atom. The number of rotatable bonds is 4. The molecule has 1 spiro atoms. The van der Waals surface area contributed by atoms with Gasteiger partial charge < -0.3 is 9.80 Å². The molecule has 5 nitrogen and oxygen atoms in total. The highest BCUT2D eigenvalue weighted by atomic mass is 16.2. The molecule has 0 radical (unpaired) electrons. The molecule has 25 heavy (non-hydrogen) atoms. The SMILES string of the molecule is C/C=C/CC(=O)N1CCCC2(CCC(=O)N(Cc3ccncc3)C2)C1. The lowest BCUT2D eigenvalue weighted by atomic mass is 9.73. The van der Waals surface area contributed by atoms with E-state index in [1.54, 1.807) is 12.4 Å². The summed E-state index contributed by atoms with van der Waals surface area (Å²) in [6, 6.07) is 3.92. The molecular formula is C20H27N3O2. The van der Waals surface area contributed by atoms with Gasteiger partial charge in [0, 0.05) is 56.8 Å². The minimum absolute atomic E-state index is 0.0603. The van der Waals surface area contributed by atoms with Crippen LogP contribution in [0.25, 0.3) is 0 Å². The predicted octanol–water partition coefficient (Wildman–Crippen LogP) is 2.78. The smallest absolute Gasteiger partial charge is 0.226 e. The number of aromatic nitrogens is 1. The van der Waals surface area contributed by atoms with Crippen LogP contribution >= 0.6 is 0 Å². The van der Waals surface area contributed by atoms with Crippen LogP contribution in [0.4, 0.5) is 0 Å². The van der Waals surface area contributed by atoms with Gasteiger partial charge >= 0.3 is 0 Å². The molecule has 0 saturated carbocycles. The van der Waals surface area contributed by atoms with Gasteiger partial charge in [0.05, 0.1) is 0 Å². The van der Waals surface area contributed by atoms with Gasteiger partial charge in [0.2, 0.25) is 11.8 Å².